The first-order chi connectivity index (χ1) is 17.1. The summed E-state index contributed by atoms with van der Waals surface area (Å²) in [5, 5.41) is 27.6. The van der Waals surface area contributed by atoms with Crippen LogP contribution in [0.2, 0.25) is 0 Å². The molecular weight excluding hydrogens is 472 g/mol. The molecule has 0 bridgehead atoms. The molecule has 0 aliphatic heterocycles. The van der Waals surface area contributed by atoms with E-state index in [1.165, 1.54) is 11.8 Å². The highest BCUT2D eigenvalue weighted by molar-refractivity contribution is 5.85. The molecule has 11 nitrogen and oxygen atoms in total. The number of carboxylic acids is 3. The summed E-state index contributed by atoms with van der Waals surface area (Å²) in [6, 6.07) is 11.5. The first kappa shape index (κ1) is 27.7. The second-order valence-corrected chi connectivity index (χ2v) is 7.69. The molecule has 0 saturated carbocycles. The second kappa shape index (κ2) is 13.4. The number of para-hydroxylation sites is 2. The Labute approximate surface area is 207 Å². The number of carboxylic acid groups (broad SMARTS) is 3. The number of anilines is 2. The van der Waals surface area contributed by atoms with E-state index in [9.17, 15) is 24.3 Å². The highest BCUT2D eigenvalue weighted by Gasteiger charge is 2.19. The Morgan fingerprint density at radius 2 is 1.28 bits per heavy atom. The molecule has 0 saturated heterocycles. The number of rotatable bonds is 16. The predicted molar refractivity (Wildman–Crippen MR) is 132 cm³/mol. The van der Waals surface area contributed by atoms with Gasteiger partial charge in [-0.1, -0.05) is 30.9 Å². The molecule has 36 heavy (non-hydrogen) atoms. The molecule has 11 heteroatoms. The van der Waals surface area contributed by atoms with E-state index in [1.807, 2.05) is 0 Å². The second-order valence-electron chi connectivity index (χ2n) is 7.69. The molecule has 0 aliphatic carbocycles. The molecule has 192 valence electrons. The molecule has 0 spiro atoms. The SMILES string of the molecule is C=Cc1ccc(N(CC(C)=O)CC(=O)O)c(OCCOc2ccccc2N(CC(=O)O)CC(=O)O)c1. The van der Waals surface area contributed by atoms with Crippen molar-refractivity contribution in [1.29, 1.82) is 0 Å². The molecule has 2 aromatic rings. The lowest BCUT2D eigenvalue weighted by Gasteiger charge is -2.25. The number of nitrogens with zero attached hydrogens (tertiary/aromatic N) is 2. The lowest BCUT2D eigenvalue weighted by atomic mass is 10.1. The van der Waals surface area contributed by atoms with E-state index in [0.717, 1.165) is 10.5 Å². The van der Waals surface area contributed by atoms with Gasteiger partial charge >= 0.3 is 17.9 Å². The zero-order chi connectivity index (χ0) is 26.7. The van der Waals surface area contributed by atoms with Crippen molar-refractivity contribution in [2.75, 3.05) is 49.2 Å². The molecule has 2 rings (SSSR count). The molecular formula is C25H28N2O9. The van der Waals surface area contributed by atoms with E-state index >= 15 is 0 Å². The third-order valence-corrected chi connectivity index (χ3v) is 4.76. The maximum absolute atomic E-state index is 11.7. The maximum atomic E-state index is 11.7. The van der Waals surface area contributed by atoms with Crippen molar-refractivity contribution in [3.63, 3.8) is 0 Å². The molecule has 0 unspecified atom stereocenters. The lowest BCUT2D eigenvalue weighted by molar-refractivity contribution is -0.137. The maximum Gasteiger partial charge on any atom is 0.323 e. The van der Waals surface area contributed by atoms with Gasteiger partial charge in [-0.15, -0.1) is 0 Å². The Balaban J connectivity index is 2.19. The number of Topliss-reactive ketones (excluding diaryl/α,β-unsaturated/α-hetero) is 1. The van der Waals surface area contributed by atoms with E-state index in [2.05, 4.69) is 6.58 Å². The Morgan fingerprint density at radius 3 is 1.81 bits per heavy atom. The number of aliphatic carboxylic acids is 3. The molecule has 0 aliphatic rings. The molecule has 0 heterocycles. The standard InChI is InChI=1S/C25H28N2O9/c1-3-18-8-9-20(26(13-17(2)28)14-23(29)30)22(12-18)36-11-10-35-21-7-5-4-6-19(21)27(15-24(31)32)16-25(33)34/h3-9,12H,1,10-11,13-16H2,2H3,(H,29,30)(H,31,32)(H,33,34). The summed E-state index contributed by atoms with van der Waals surface area (Å²) in [4.78, 5) is 48.0. The topological polar surface area (TPSA) is 154 Å². The molecule has 0 radical (unpaired) electrons. The van der Waals surface area contributed by atoms with Crippen molar-refractivity contribution in [2.45, 2.75) is 6.92 Å². The van der Waals surface area contributed by atoms with Gasteiger partial charge in [0.15, 0.2) is 0 Å². The fourth-order valence-corrected chi connectivity index (χ4v) is 3.39. The molecule has 3 N–H and O–H groups in total. The van der Waals surface area contributed by atoms with Gasteiger partial charge in [0, 0.05) is 0 Å². The van der Waals surface area contributed by atoms with E-state index in [-0.39, 0.29) is 31.3 Å². The molecule has 0 atom stereocenters. The van der Waals surface area contributed by atoms with E-state index in [1.54, 1.807) is 48.5 Å². The number of ether oxygens (including phenoxy) is 2. The van der Waals surface area contributed by atoms with Crippen LogP contribution in [-0.2, 0) is 19.2 Å². The quantitative estimate of drug-likeness (QED) is 0.291. The number of ketones is 1. The minimum absolute atomic E-state index is 0.00833. The number of carbonyl (C=O) groups is 4. The summed E-state index contributed by atoms with van der Waals surface area (Å²) in [6.07, 6.45) is 1.59. The Bertz CT molecular complexity index is 1080. The van der Waals surface area contributed by atoms with Crippen LogP contribution in [0.3, 0.4) is 0 Å². The first-order valence-electron chi connectivity index (χ1n) is 10.9. The van der Waals surface area contributed by atoms with Gasteiger partial charge in [-0.3, -0.25) is 19.2 Å². The fraction of sp³-hybridized carbons (Fsp3) is 0.280. The van der Waals surface area contributed by atoms with Gasteiger partial charge in [0.2, 0.25) is 0 Å². The molecule has 0 aromatic heterocycles. The monoisotopic (exact) mass is 500 g/mol. The van der Waals surface area contributed by atoms with Crippen LogP contribution in [0, 0.1) is 0 Å². The average molecular weight is 501 g/mol. The zero-order valence-corrected chi connectivity index (χ0v) is 19.8. The van der Waals surface area contributed by atoms with Crippen molar-refractivity contribution < 1.29 is 44.0 Å². The van der Waals surface area contributed by atoms with Gasteiger partial charge in [0.05, 0.1) is 17.9 Å². The summed E-state index contributed by atoms with van der Waals surface area (Å²) in [6.45, 7) is 3.51. The van der Waals surface area contributed by atoms with Crippen LogP contribution >= 0.6 is 0 Å². The number of hydrogen-bond acceptors (Lipinski definition) is 8. The normalized spacial score (nSPS) is 10.2. The fourth-order valence-electron chi connectivity index (χ4n) is 3.39. The average Bonchev–Trinajstić information content (AvgIpc) is 2.80. The first-order valence-corrected chi connectivity index (χ1v) is 10.9. The Kier molecular flexibility index (Phi) is 10.3. The third kappa shape index (κ3) is 8.67. The Hall–Kier alpha value is -4.54. The summed E-state index contributed by atoms with van der Waals surface area (Å²) in [7, 11) is 0. The molecule has 2 aromatic carbocycles. The number of carbonyl (C=O) groups excluding carboxylic acids is 1. The third-order valence-electron chi connectivity index (χ3n) is 4.76. The van der Waals surface area contributed by atoms with Crippen molar-refractivity contribution in [2.24, 2.45) is 0 Å². The van der Waals surface area contributed by atoms with Crippen LogP contribution in [0.4, 0.5) is 11.4 Å². The smallest absolute Gasteiger partial charge is 0.323 e. The summed E-state index contributed by atoms with van der Waals surface area (Å²) in [5.74, 6) is -3.12. The molecule has 0 fully saturated rings. The van der Waals surface area contributed by atoms with Gasteiger partial charge in [-0.05, 0) is 36.8 Å². The van der Waals surface area contributed by atoms with Crippen LogP contribution in [0.15, 0.2) is 49.0 Å². The minimum atomic E-state index is -1.19. The van der Waals surface area contributed by atoms with Crippen molar-refractivity contribution >= 4 is 41.1 Å². The van der Waals surface area contributed by atoms with Gasteiger partial charge < -0.3 is 34.6 Å². The highest BCUT2D eigenvalue weighted by Crippen LogP contribution is 2.31. The summed E-state index contributed by atoms with van der Waals surface area (Å²) in [5.41, 5.74) is 1.43. The zero-order valence-electron chi connectivity index (χ0n) is 19.8. The van der Waals surface area contributed by atoms with Crippen LogP contribution < -0.4 is 19.3 Å². The van der Waals surface area contributed by atoms with Gasteiger partial charge in [-0.2, -0.15) is 0 Å². The lowest BCUT2D eigenvalue weighted by Crippen LogP contribution is -2.34. The number of hydrogen-bond donors (Lipinski definition) is 3. The van der Waals surface area contributed by atoms with Crippen LogP contribution in [0.5, 0.6) is 11.5 Å². The molecule has 0 amide bonds. The van der Waals surface area contributed by atoms with Crippen LogP contribution in [0.1, 0.15) is 12.5 Å². The van der Waals surface area contributed by atoms with Crippen LogP contribution in [0.25, 0.3) is 6.08 Å². The largest absolute Gasteiger partial charge is 0.488 e. The predicted octanol–water partition coefficient (Wildman–Crippen LogP) is 2.24. The van der Waals surface area contributed by atoms with E-state index in [4.69, 9.17) is 19.7 Å². The number of benzene rings is 2. The van der Waals surface area contributed by atoms with Crippen LogP contribution in [-0.4, -0.2) is 78.4 Å². The Morgan fingerprint density at radius 1 is 0.778 bits per heavy atom. The van der Waals surface area contributed by atoms with Crippen molar-refractivity contribution in [1.82, 2.24) is 0 Å². The minimum Gasteiger partial charge on any atom is -0.488 e. The van der Waals surface area contributed by atoms with Gasteiger partial charge in [0.25, 0.3) is 0 Å². The van der Waals surface area contributed by atoms with Crippen molar-refractivity contribution in [3.8, 4) is 11.5 Å². The van der Waals surface area contributed by atoms with E-state index in [0.29, 0.717) is 17.1 Å². The summed E-state index contributed by atoms with van der Waals surface area (Å²) < 4.78 is 11.6. The summed E-state index contributed by atoms with van der Waals surface area (Å²) >= 11 is 0. The van der Waals surface area contributed by atoms with Gasteiger partial charge in [-0.25, -0.2) is 0 Å². The van der Waals surface area contributed by atoms with Gasteiger partial charge in [0.1, 0.15) is 50.1 Å². The van der Waals surface area contributed by atoms with Crippen molar-refractivity contribution in [3.05, 3.63) is 54.6 Å². The van der Waals surface area contributed by atoms with E-state index < -0.39 is 37.5 Å². The highest BCUT2D eigenvalue weighted by atomic mass is 16.5.